The molecule has 2 nitrogen and oxygen atoms in total. The lowest BCUT2D eigenvalue weighted by atomic mass is 10.2. The summed E-state index contributed by atoms with van der Waals surface area (Å²) in [7, 11) is 0. The molecule has 0 fully saturated rings. The van der Waals surface area contributed by atoms with E-state index in [9.17, 15) is 4.79 Å². The largest absolute Gasteiger partial charge is 0.326 e. The van der Waals surface area contributed by atoms with E-state index >= 15 is 0 Å². The van der Waals surface area contributed by atoms with Gasteiger partial charge in [0.15, 0.2) is 0 Å². The Morgan fingerprint density at radius 2 is 2.19 bits per heavy atom. The lowest BCUT2D eigenvalue weighted by Crippen LogP contribution is -2.10. The minimum Gasteiger partial charge on any atom is -0.326 e. The van der Waals surface area contributed by atoms with Crippen LogP contribution in [0.2, 0.25) is 0 Å². The number of rotatable bonds is 6. The molecule has 0 aromatic heterocycles. The predicted molar refractivity (Wildman–Crippen MR) is 71.0 cm³/mol. The highest BCUT2D eigenvalue weighted by atomic mass is 32.2. The molecular formula is C13H19NOS. The third kappa shape index (κ3) is 4.71. The third-order valence-electron chi connectivity index (χ3n) is 2.36. The van der Waals surface area contributed by atoms with Crippen molar-refractivity contribution in [2.75, 3.05) is 11.6 Å². The fourth-order valence-electron chi connectivity index (χ4n) is 1.46. The van der Waals surface area contributed by atoms with Gasteiger partial charge in [0.05, 0.1) is 0 Å². The Morgan fingerprint density at radius 3 is 2.88 bits per heavy atom. The first-order chi connectivity index (χ1) is 7.76. The van der Waals surface area contributed by atoms with E-state index < -0.39 is 0 Å². The van der Waals surface area contributed by atoms with Crippen LogP contribution in [-0.2, 0) is 4.79 Å². The second-order valence-electron chi connectivity index (χ2n) is 3.74. The number of hydrogen-bond acceptors (Lipinski definition) is 2. The summed E-state index contributed by atoms with van der Waals surface area (Å²) >= 11 is 1.68. The predicted octanol–water partition coefficient (Wildman–Crippen LogP) is 3.93. The number of benzene rings is 1. The number of thioether (sulfide) groups is 1. The van der Waals surface area contributed by atoms with Crippen molar-refractivity contribution in [1.29, 1.82) is 0 Å². The average molecular weight is 237 g/mol. The highest BCUT2D eigenvalue weighted by Gasteiger charge is 2.02. The fourth-order valence-corrected chi connectivity index (χ4v) is 1.92. The van der Waals surface area contributed by atoms with Crippen LogP contribution in [0.3, 0.4) is 0 Å². The van der Waals surface area contributed by atoms with Crippen molar-refractivity contribution in [2.24, 2.45) is 0 Å². The maximum atomic E-state index is 11.6. The van der Waals surface area contributed by atoms with E-state index in [1.54, 1.807) is 11.8 Å². The van der Waals surface area contributed by atoms with E-state index in [4.69, 9.17) is 0 Å². The van der Waals surface area contributed by atoms with Gasteiger partial charge in [-0.15, -0.1) is 11.8 Å². The maximum Gasteiger partial charge on any atom is 0.224 e. The van der Waals surface area contributed by atoms with Gasteiger partial charge in [-0.25, -0.2) is 0 Å². The maximum absolute atomic E-state index is 11.6. The van der Waals surface area contributed by atoms with Crippen molar-refractivity contribution in [3.63, 3.8) is 0 Å². The van der Waals surface area contributed by atoms with Gasteiger partial charge in [-0.3, -0.25) is 4.79 Å². The van der Waals surface area contributed by atoms with Gasteiger partial charge in [0.25, 0.3) is 0 Å². The molecule has 0 bridgehead atoms. The van der Waals surface area contributed by atoms with Crippen LogP contribution in [0.5, 0.6) is 0 Å². The Hall–Kier alpha value is -0.960. The van der Waals surface area contributed by atoms with Crippen molar-refractivity contribution >= 4 is 23.4 Å². The van der Waals surface area contributed by atoms with E-state index in [1.807, 2.05) is 30.5 Å². The molecule has 0 spiro atoms. The van der Waals surface area contributed by atoms with Crippen LogP contribution in [0.15, 0.2) is 29.2 Å². The summed E-state index contributed by atoms with van der Waals surface area (Å²) in [5, 5.41) is 2.92. The van der Waals surface area contributed by atoms with Crippen LogP contribution in [0.4, 0.5) is 5.69 Å². The van der Waals surface area contributed by atoms with Crippen molar-refractivity contribution in [2.45, 2.75) is 37.5 Å². The van der Waals surface area contributed by atoms with Crippen molar-refractivity contribution in [3.05, 3.63) is 24.3 Å². The number of unbranched alkanes of at least 4 members (excludes halogenated alkanes) is 2. The van der Waals surface area contributed by atoms with Crippen molar-refractivity contribution in [3.8, 4) is 0 Å². The Labute approximate surface area is 102 Å². The van der Waals surface area contributed by atoms with Crippen LogP contribution in [-0.4, -0.2) is 12.2 Å². The smallest absolute Gasteiger partial charge is 0.224 e. The molecule has 88 valence electrons. The molecule has 1 rings (SSSR count). The molecule has 0 aliphatic carbocycles. The first-order valence-corrected chi connectivity index (χ1v) is 6.92. The second kappa shape index (κ2) is 7.34. The molecule has 3 heteroatoms. The zero-order valence-corrected chi connectivity index (χ0v) is 10.8. The molecule has 0 saturated heterocycles. The number of hydrogen-bond donors (Lipinski definition) is 1. The van der Waals surface area contributed by atoms with Gasteiger partial charge < -0.3 is 5.32 Å². The first kappa shape index (κ1) is 13.1. The van der Waals surface area contributed by atoms with Crippen LogP contribution < -0.4 is 5.32 Å². The van der Waals surface area contributed by atoms with Gasteiger partial charge in [-0.05, 0) is 30.9 Å². The first-order valence-electron chi connectivity index (χ1n) is 5.70. The van der Waals surface area contributed by atoms with Crippen molar-refractivity contribution in [1.82, 2.24) is 0 Å². The minimum atomic E-state index is 0.117. The molecular weight excluding hydrogens is 218 g/mol. The number of anilines is 1. The van der Waals surface area contributed by atoms with E-state index in [0.717, 1.165) is 24.9 Å². The van der Waals surface area contributed by atoms with Crippen molar-refractivity contribution < 1.29 is 4.79 Å². The van der Waals surface area contributed by atoms with Crippen LogP contribution in [0.1, 0.15) is 32.6 Å². The summed E-state index contributed by atoms with van der Waals surface area (Å²) in [6, 6.07) is 7.94. The fraction of sp³-hybridized carbons (Fsp3) is 0.462. The zero-order valence-electron chi connectivity index (χ0n) is 9.95. The summed E-state index contributed by atoms with van der Waals surface area (Å²) in [6.07, 6.45) is 5.90. The molecule has 1 aromatic rings. The number of nitrogens with one attached hydrogen (secondary N) is 1. The summed E-state index contributed by atoms with van der Waals surface area (Å²) in [4.78, 5) is 12.7. The molecule has 0 unspecified atom stereocenters. The van der Waals surface area contributed by atoms with Gasteiger partial charge in [-0.1, -0.05) is 25.8 Å². The monoisotopic (exact) mass is 237 g/mol. The van der Waals surface area contributed by atoms with Gasteiger partial charge in [0, 0.05) is 17.0 Å². The Morgan fingerprint density at radius 1 is 1.38 bits per heavy atom. The Balaban J connectivity index is 2.43. The quantitative estimate of drug-likeness (QED) is 0.600. The average Bonchev–Trinajstić information content (AvgIpc) is 2.29. The van der Waals surface area contributed by atoms with Crippen LogP contribution >= 0.6 is 11.8 Å². The zero-order chi connectivity index (χ0) is 11.8. The number of carbonyl (C=O) groups excluding carboxylic acids is 1. The van der Waals surface area contributed by atoms with Crippen LogP contribution in [0.25, 0.3) is 0 Å². The topological polar surface area (TPSA) is 29.1 Å². The minimum absolute atomic E-state index is 0.117. The lowest BCUT2D eigenvalue weighted by Gasteiger charge is -2.06. The summed E-state index contributed by atoms with van der Waals surface area (Å²) in [5.74, 6) is 0.117. The molecule has 1 aromatic carbocycles. The van der Waals surface area contributed by atoms with E-state index in [1.165, 1.54) is 4.90 Å². The second-order valence-corrected chi connectivity index (χ2v) is 4.62. The number of carbonyl (C=O) groups is 1. The number of amides is 1. The van der Waals surface area contributed by atoms with Gasteiger partial charge >= 0.3 is 0 Å². The Bertz CT molecular complexity index is 338. The highest BCUT2D eigenvalue weighted by Crippen LogP contribution is 2.19. The van der Waals surface area contributed by atoms with E-state index in [-0.39, 0.29) is 5.91 Å². The third-order valence-corrected chi connectivity index (χ3v) is 3.09. The normalized spacial score (nSPS) is 10.1. The summed E-state index contributed by atoms with van der Waals surface area (Å²) in [5.41, 5.74) is 0.897. The molecule has 0 aliphatic heterocycles. The summed E-state index contributed by atoms with van der Waals surface area (Å²) in [6.45, 7) is 2.14. The van der Waals surface area contributed by atoms with Gasteiger partial charge in [-0.2, -0.15) is 0 Å². The van der Waals surface area contributed by atoms with Gasteiger partial charge in [0.2, 0.25) is 5.91 Å². The highest BCUT2D eigenvalue weighted by molar-refractivity contribution is 7.98. The molecule has 0 heterocycles. The van der Waals surface area contributed by atoms with E-state index in [2.05, 4.69) is 12.2 Å². The van der Waals surface area contributed by atoms with E-state index in [0.29, 0.717) is 6.42 Å². The summed E-state index contributed by atoms with van der Waals surface area (Å²) < 4.78 is 0. The molecule has 0 saturated carbocycles. The van der Waals surface area contributed by atoms with Crippen LogP contribution in [0, 0.1) is 0 Å². The molecule has 0 aliphatic rings. The standard InChI is InChI=1S/C13H19NOS/c1-3-4-5-9-13(15)14-11-7-6-8-12(10-11)16-2/h6-8,10H,3-5,9H2,1-2H3,(H,14,15). The molecule has 16 heavy (non-hydrogen) atoms. The molecule has 1 amide bonds. The molecule has 1 N–H and O–H groups in total. The van der Waals surface area contributed by atoms with Gasteiger partial charge in [0.1, 0.15) is 0 Å². The molecule has 0 atom stereocenters. The molecule has 0 radical (unpaired) electrons. The Kier molecular flexibility index (Phi) is 6.01. The SMILES string of the molecule is CCCCCC(=O)Nc1cccc(SC)c1. The lowest BCUT2D eigenvalue weighted by molar-refractivity contribution is -0.116.